The predicted octanol–water partition coefficient (Wildman–Crippen LogP) is 3.27. The topological polar surface area (TPSA) is 120 Å². The SMILES string of the molecule is C[C@H]([C@@H](C)C(=O)O)n1cc(F)c2cnc(-c3c[nH]c4ncc(C#N)cc34)nc21. The third kappa shape index (κ3) is 2.66. The molecule has 2 atom stereocenters. The average Bonchev–Trinajstić information content (AvgIpc) is 3.27. The first kappa shape index (κ1) is 17.6. The van der Waals surface area contributed by atoms with Gasteiger partial charge in [-0.3, -0.25) is 4.79 Å². The fourth-order valence-corrected chi connectivity index (χ4v) is 3.13. The molecule has 2 N–H and O–H groups in total. The highest BCUT2D eigenvalue weighted by atomic mass is 19.1. The molecular formula is C19H15FN6O2. The highest BCUT2D eigenvalue weighted by molar-refractivity contribution is 5.93. The van der Waals surface area contributed by atoms with E-state index in [-0.39, 0.29) is 5.39 Å². The Kier molecular flexibility index (Phi) is 4.04. The summed E-state index contributed by atoms with van der Waals surface area (Å²) in [5.74, 6) is -1.90. The number of rotatable bonds is 4. The van der Waals surface area contributed by atoms with Gasteiger partial charge in [-0.2, -0.15) is 5.26 Å². The van der Waals surface area contributed by atoms with Crippen molar-refractivity contribution >= 4 is 28.0 Å². The van der Waals surface area contributed by atoms with E-state index in [1.165, 1.54) is 23.2 Å². The van der Waals surface area contributed by atoms with Gasteiger partial charge in [0.05, 0.1) is 16.9 Å². The summed E-state index contributed by atoms with van der Waals surface area (Å²) in [7, 11) is 0. The molecule has 0 saturated heterocycles. The second kappa shape index (κ2) is 6.42. The lowest BCUT2D eigenvalue weighted by atomic mass is 10.0. The Hall–Kier alpha value is -3.80. The Labute approximate surface area is 158 Å². The molecule has 0 spiro atoms. The van der Waals surface area contributed by atoms with Gasteiger partial charge in [0.2, 0.25) is 0 Å². The number of carboxylic acids is 1. The predicted molar refractivity (Wildman–Crippen MR) is 98.8 cm³/mol. The number of carboxylic acid groups (broad SMARTS) is 1. The van der Waals surface area contributed by atoms with E-state index in [1.807, 2.05) is 6.07 Å². The second-order valence-electron chi connectivity index (χ2n) is 6.62. The summed E-state index contributed by atoms with van der Waals surface area (Å²) in [5, 5.41) is 19.3. The molecule has 8 nitrogen and oxygen atoms in total. The van der Waals surface area contributed by atoms with Crippen molar-refractivity contribution in [3.05, 3.63) is 42.2 Å². The van der Waals surface area contributed by atoms with Crippen LogP contribution in [0.5, 0.6) is 0 Å². The van der Waals surface area contributed by atoms with Crippen LogP contribution in [0.3, 0.4) is 0 Å². The summed E-state index contributed by atoms with van der Waals surface area (Å²) in [5.41, 5.74) is 1.90. The molecular weight excluding hydrogens is 363 g/mol. The summed E-state index contributed by atoms with van der Waals surface area (Å²) in [4.78, 5) is 27.3. The van der Waals surface area contributed by atoms with E-state index in [0.717, 1.165) is 0 Å². The number of nitrogens with one attached hydrogen (secondary N) is 1. The van der Waals surface area contributed by atoms with Crippen molar-refractivity contribution in [3.8, 4) is 17.5 Å². The molecule has 28 heavy (non-hydrogen) atoms. The first-order chi connectivity index (χ1) is 13.4. The molecule has 0 saturated carbocycles. The zero-order valence-electron chi connectivity index (χ0n) is 15.0. The van der Waals surface area contributed by atoms with E-state index in [1.54, 1.807) is 26.1 Å². The molecule has 4 aromatic heterocycles. The van der Waals surface area contributed by atoms with Gasteiger partial charge in [-0.1, -0.05) is 0 Å². The molecule has 0 aliphatic heterocycles. The van der Waals surface area contributed by atoms with Crippen molar-refractivity contribution in [3.63, 3.8) is 0 Å². The lowest BCUT2D eigenvalue weighted by molar-refractivity contribution is -0.142. The summed E-state index contributed by atoms with van der Waals surface area (Å²) in [6.45, 7) is 3.27. The Balaban J connectivity index is 1.90. The van der Waals surface area contributed by atoms with Crippen LogP contribution in [-0.4, -0.2) is 35.6 Å². The third-order valence-electron chi connectivity index (χ3n) is 4.98. The number of nitrogens with zero attached hydrogens (tertiary/aromatic N) is 5. The zero-order chi connectivity index (χ0) is 20.0. The summed E-state index contributed by atoms with van der Waals surface area (Å²) >= 11 is 0. The van der Waals surface area contributed by atoms with Crippen molar-refractivity contribution in [1.82, 2.24) is 24.5 Å². The van der Waals surface area contributed by atoms with E-state index in [4.69, 9.17) is 5.26 Å². The molecule has 0 aliphatic carbocycles. The Bertz CT molecular complexity index is 1270. The molecule has 9 heteroatoms. The normalized spacial score (nSPS) is 13.5. The number of aromatic amines is 1. The first-order valence-electron chi connectivity index (χ1n) is 8.54. The number of fused-ring (bicyclic) bond motifs is 2. The molecule has 0 unspecified atom stereocenters. The van der Waals surface area contributed by atoms with E-state index in [0.29, 0.717) is 33.6 Å². The van der Waals surface area contributed by atoms with Crippen LogP contribution in [-0.2, 0) is 4.79 Å². The maximum Gasteiger partial charge on any atom is 0.308 e. The van der Waals surface area contributed by atoms with E-state index in [9.17, 15) is 14.3 Å². The van der Waals surface area contributed by atoms with Gasteiger partial charge in [0.15, 0.2) is 11.6 Å². The molecule has 4 heterocycles. The van der Waals surface area contributed by atoms with Crippen LogP contribution >= 0.6 is 0 Å². The minimum Gasteiger partial charge on any atom is -0.481 e. The van der Waals surface area contributed by atoms with Crippen LogP contribution in [0.4, 0.5) is 4.39 Å². The summed E-state index contributed by atoms with van der Waals surface area (Å²) < 4.78 is 15.9. The number of H-pyrrole nitrogens is 1. The number of hydrogen-bond donors (Lipinski definition) is 2. The maximum absolute atomic E-state index is 14.4. The number of pyridine rings is 1. The van der Waals surface area contributed by atoms with Gasteiger partial charge in [-0.05, 0) is 19.9 Å². The van der Waals surface area contributed by atoms with Gasteiger partial charge in [-0.25, -0.2) is 19.3 Å². The summed E-state index contributed by atoms with van der Waals surface area (Å²) in [6.07, 6.45) is 5.76. The smallest absolute Gasteiger partial charge is 0.308 e. The largest absolute Gasteiger partial charge is 0.481 e. The number of hydrogen-bond acceptors (Lipinski definition) is 5. The molecule has 0 radical (unpaired) electrons. The van der Waals surface area contributed by atoms with Crippen LogP contribution in [0.2, 0.25) is 0 Å². The number of aliphatic carboxylic acids is 1. The van der Waals surface area contributed by atoms with E-state index in [2.05, 4.69) is 19.9 Å². The first-order valence-corrected chi connectivity index (χ1v) is 8.54. The third-order valence-corrected chi connectivity index (χ3v) is 4.98. The average molecular weight is 378 g/mol. The van der Waals surface area contributed by atoms with Gasteiger partial charge < -0.3 is 14.7 Å². The molecule has 0 amide bonds. The van der Waals surface area contributed by atoms with Crippen molar-refractivity contribution in [2.24, 2.45) is 5.92 Å². The Morgan fingerprint density at radius 2 is 2.11 bits per heavy atom. The molecule has 0 aromatic carbocycles. The zero-order valence-corrected chi connectivity index (χ0v) is 15.0. The number of nitriles is 1. The number of aromatic nitrogens is 5. The van der Waals surface area contributed by atoms with Gasteiger partial charge in [0.25, 0.3) is 0 Å². The van der Waals surface area contributed by atoms with Crippen LogP contribution in [0.25, 0.3) is 33.5 Å². The van der Waals surface area contributed by atoms with Crippen LogP contribution in [0.15, 0.2) is 30.9 Å². The van der Waals surface area contributed by atoms with E-state index >= 15 is 0 Å². The van der Waals surface area contributed by atoms with E-state index < -0.39 is 23.7 Å². The van der Waals surface area contributed by atoms with Crippen molar-refractivity contribution < 1.29 is 14.3 Å². The van der Waals surface area contributed by atoms with Gasteiger partial charge in [-0.15, -0.1) is 0 Å². The molecule has 4 aromatic rings. The fourth-order valence-electron chi connectivity index (χ4n) is 3.13. The standard InChI is InChI=1S/C19H15FN6O2/c1-9(19(27)28)10(2)26-8-15(20)14-7-24-17(25-18(14)26)13-6-23-16-12(13)3-11(4-21)5-22-16/h3,5-10H,1-2H3,(H,22,23)(H,27,28)/t9-,10-/m1/s1. The molecule has 0 fully saturated rings. The monoisotopic (exact) mass is 378 g/mol. The van der Waals surface area contributed by atoms with Crippen LogP contribution < -0.4 is 0 Å². The fraction of sp³-hybridized carbons (Fsp3) is 0.211. The van der Waals surface area contributed by atoms with Crippen molar-refractivity contribution in [2.45, 2.75) is 19.9 Å². The Morgan fingerprint density at radius 1 is 1.32 bits per heavy atom. The summed E-state index contributed by atoms with van der Waals surface area (Å²) in [6, 6.07) is 3.21. The van der Waals surface area contributed by atoms with Gasteiger partial charge in [0, 0.05) is 41.8 Å². The minimum absolute atomic E-state index is 0.212. The maximum atomic E-state index is 14.4. The van der Waals surface area contributed by atoms with Gasteiger partial charge >= 0.3 is 5.97 Å². The molecule has 0 aliphatic rings. The van der Waals surface area contributed by atoms with Crippen LogP contribution in [0, 0.1) is 23.1 Å². The van der Waals surface area contributed by atoms with Gasteiger partial charge in [0.1, 0.15) is 17.4 Å². The van der Waals surface area contributed by atoms with Crippen molar-refractivity contribution in [2.75, 3.05) is 0 Å². The van der Waals surface area contributed by atoms with Crippen LogP contribution in [0.1, 0.15) is 25.5 Å². The quantitative estimate of drug-likeness (QED) is 0.562. The van der Waals surface area contributed by atoms with Crippen molar-refractivity contribution in [1.29, 1.82) is 5.26 Å². The molecule has 0 bridgehead atoms. The molecule has 140 valence electrons. The highest BCUT2D eigenvalue weighted by Crippen LogP contribution is 2.30. The number of carbonyl (C=O) groups is 1. The highest BCUT2D eigenvalue weighted by Gasteiger charge is 2.24. The lowest BCUT2D eigenvalue weighted by Crippen LogP contribution is -2.21. The minimum atomic E-state index is -0.976. The second-order valence-corrected chi connectivity index (χ2v) is 6.62. The number of halogens is 1. The Morgan fingerprint density at radius 3 is 2.82 bits per heavy atom. The lowest BCUT2D eigenvalue weighted by Gasteiger charge is -2.18. The molecule has 4 rings (SSSR count).